The first kappa shape index (κ1) is 24.4. The van der Waals surface area contributed by atoms with Crippen molar-refractivity contribution in [1.29, 1.82) is 0 Å². The molecule has 7 nitrogen and oxygen atoms in total. The van der Waals surface area contributed by atoms with E-state index in [0.717, 1.165) is 43.1 Å². The number of hydrogen-bond donors (Lipinski definition) is 1. The van der Waals surface area contributed by atoms with Crippen molar-refractivity contribution in [3.8, 4) is 0 Å². The maximum absolute atomic E-state index is 12.0. The number of methoxy groups -OCH3 is 1. The molecule has 1 amide bonds. The third-order valence-electron chi connectivity index (χ3n) is 5.80. The molecule has 2 aliphatic rings. The zero-order valence-electron chi connectivity index (χ0n) is 18.1. The number of carbonyl (C=O) groups is 2. The van der Waals surface area contributed by atoms with Crippen LogP contribution in [0.4, 0.5) is 0 Å². The highest BCUT2D eigenvalue weighted by atomic mass is 127. The van der Waals surface area contributed by atoms with Crippen LogP contribution in [0.25, 0.3) is 0 Å². The van der Waals surface area contributed by atoms with Crippen molar-refractivity contribution in [1.82, 2.24) is 15.1 Å². The molecule has 0 aliphatic carbocycles. The van der Waals surface area contributed by atoms with Gasteiger partial charge in [-0.15, -0.1) is 24.0 Å². The Labute approximate surface area is 196 Å². The molecule has 2 fully saturated rings. The number of ether oxygens (including phenoxy) is 1. The summed E-state index contributed by atoms with van der Waals surface area (Å²) in [7, 11) is 1.44. The maximum Gasteiger partial charge on any atom is 0.310 e. The number of aliphatic imine (C=N–C) groups is 1. The fourth-order valence-electron chi connectivity index (χ4n) is 4.13. The Hall–Kier alpha value is -1.84. The quantitative estimate of drug-likeness (QED) is 0.266. The van der Waals surface area contributed by atoms with Gasteiger partial charge in [0.15, 0.2) is 5.96 Å². The van der Waals surface area contributed by atoms with E-state index in [2.05, 4.69) is 29.3 Å². The second-order valence-electron chi connectivity index (χ2n) is 7.87. The number of amides is 1. The Morgan fingerprint density at radius 1 is 1.27 bits per heavy atom. The Morgan fingerprint density at radius 2 is 2.00 bits per heavy atom. The summed E-state index contributed by atoms with van der Waals surface area (Å²) >= 11 is 0. The van der Waals surface area contributed by atoms with Crippen LogP contribution in [-0.2, 0) is 27.4 Å². The standard InChI is InChI=1S/C22H32N4O3.HI/c1-4-23-22(26-13-16(2)19(15-26)21(28)29-3)24-12-17-8-5-6-9-18(17)14-25-11-7-10-20(25)27;/h5-6,8-9,16,19H,4,7,10-15H2,1-3H3,(H,23,24);1H. The second-order valence-corrected chi connectivity index (χ2v) is 7.87. The Morgan fingerprint density at radius 3 is 2.63 bits per heavy atom. The minimum atomic E-state index is -0.156. The van der Waals surface area contributed by atoms with Gasteiger partial charge >= 0.3 is 5.97 Å². The molecule has 166 valence electrons. The predicted octanol–water partition coefficient (Wildman–Crippen LogP) is 2.63. The average molecular weight is 528 g/mol. The van der Waals surface area contributed by atoms with E-state index < -0.39 is 0 Å². The van der Waals surface area contributed by atoms with Gasteiger partial charge in [0.2, 0.25) is 5.91 Å². The van der Waals surface area contributed by atoms with Gasteiger partial charge in [-0.05, 0) is 30.4 Å². The van der Waals surface area contributed by atoms with E-state index in [1.54, 1.807) is 0 Å². The molecule has 2 heterocycles. The van der Waals surface area contributed by atoms with Gasteiger partial charge < -0.3 is 19.9 Å². The van der Waals surface area contributed by atoms with Crippen molar-refractivity contribution in [2.24, 2.45) is 16.8 Å². The van der Waals surface area contributed by atoms with Crippen LogP contribution in [0.15, 0.2) is 29.3 Å². The van der Waals surface area contributed by atoms with Gasteiger partial charge in [0.05, 0.1) is 19.6 Å². The lowest BCUT2D eigenvalue weighted by Crippen LogP contribution is -2.40. The van der Waals surface area contributed by atoms with Crippen LogP contribution in [0, 0.1) is 11.8 Å². The second kappa shape index (κ2) is 11.5. The summed E-state index contributed by atoms with van der Waals surface area (Å²) in [4.78, 5) is 32.9. The summed E-state index contributed by atoms with van der Waals surface area (Å²) in [6.45, 7) is 8.28. The lowest BCUT2D eigenvalue weighted by molar-refractivity contribution is -0.146. The molecule has 2 saturated heterocycles. The third kappa shape index (κ3) is 5.86. The summed E-state index contributed by atoms with van der Waals surface area (Å²) in [6, 6.07) is 8.18. The normalized spacial score (nSPS) is 21.6. The number of benzene rings is 1. The predicted molar refractivity (Wildman–Crippen MR) is 128 cm³/mol. The van der Waals surface area contributed by atoms with E-state index in [1.807, 2.05) is 24.0 Å². The van der Waals surface area contributed by atoms with E-state index in [9.17, 15) is 9.59 Å². The van der Waals surface area contributed by atoms with Crippen LogP contribution >= 0.6 is 24.0 Å². The molecule has 0 spiro atoms. The number of nitrogens with one attached hydrogen (secondary N) is 1. The maximum atomic E-state index is 12.0. The van der Waals surface area contributed by atoms with Crippen molar-refractivity contribution < 1.29 is 14.3 Å². The van der Waals surface area contributed by atoms with Gasteiger partial charge in [0.25, 0.3) is 0 Å². The van der Waals surface area contributed by atoms with Crippen LogP contribution in [0.1, 0.15) is 37.8 Å². The number of guanidine groups is 1. The first-order valence-corrected chi connectivity index (χ1v) is 10.5. The van der Waals surface area contributed by atoms with Gasteiger partial charge in [0.1, 0.15) is 0 Å². The average Bonchev–Trinajstić information content (AvgIpc) is 3.31. The first-order valence-electron chi connectivity index (χ1n) is 10.5. The molecule has 2 aliphatic heterocycles. The Bertz CT molecular complexity index is 771. The molecule has 2 atom stereocenters. The number of hydrogen-bond acceptors (Lipinski definition) is 4. The lowest BCUT2D eigenvalue weighted by Gasteiger charge is -2.22. The molecule has 1 aromatic carbocycles. The van der Waals surface area contributed by atoms with E-state index in [-0.39, 0.29) is 47.7 Å². The van der Waals surface area contributed by atoms with Crippen molar-refractivity contribution in [2.45, 2.75) is 39.8 Å². The zero-order chi connectivity index (χ0) is 20.8. The molecule has 0 saturated carbocycles. The van der Waals surface area contributed by atoms with Gasteiger partial charge in [-0.2, -0.15) is 0 Å². The Balaban J connectivity index is 0.00000320. The number of halogens is 1. The monoisotopic (exact) mass is 528 g/mol. The molecule has 1 aromatic rings. The SMILES string of the molecule is CCNC(=NCc1ccccc1CN1CCCC1=O)N1CC(C)C(C(=O)OC)C1.I. The fourth-order valence-corrected chi connectivity index (χ4v) is 4.13. The zero-order valence-corrected chi connectivity index (χ0v) is 20.4. The smallest absolute Gasteiger partial charge is 0.310 e. The highest BCUT2D eigenvalue weighted by Crippen LogP contribution is 2.24. The minimum absolute atomic E-state index is 0. The van der Waals surface area contributed by atoms with Crippen molar-refractivity contribution in [2.75, 3.05) is 33.3 Å². The Kier molecular flexibility index (Phi) is 9.38. The highest BCUT2D eigenvalue weighted by Gasteiger charge is 2.36. The van der Waals surface area contributed by atoms with E-state index >= 15 is 0 Å². The highest BCUT2D eigenvalue weighted by molar-refractivity contribution is 14.0. The lowest BCUT2D eigenvalue weighted by atomic mass is 9.99. The number of nitrogens with zero attached hydrogens (tertiary/aromatic N) is 3. The molecular formula is C22H33IN4O3. The van der Waals surface area contributed by atoms with Gasteiger partial charge in [-0.3, -0.25) is 9.59 Å². The summed E-state index contributed by atoms with van der Waals surface area (Å²) in [5.41, 5.74) is 2.27. The molecule has 1 N–H and O–H groups in total. The molecule has 0 bridgehead atoms. The van der Waals surface area contributed by atoms with Crippen LogP contribution in [0.2, 0.25) is 0 Å². The van der Waals surface area contributed by atoms with E-state index in [1.165, 1.54) is 7.11 Å². The summed E-state index contributed by atoms with van der Waals surface area (Å²) in [6.07, 6.45) is 1.59. The number of carbonyl (C=O) groups excluding carboxylic acids is 2. The van der Waals surface area contributed by atoms with Gasteiger partial charge in [-0.1, -0.05) is 31.2 Å². The molecule has 0 radical (unpaired) electrons. The third-order valence-corrected chi connectivity index (χ3v) is 5.80. The largest absolute Gasteiger partial charge is 0.469 e. The summed E-state index contributed by atoms with van der Waals surface area (Å²) in [5, 5.41) is 3.35. The number of esters is 1. The summed E-state index contributed by atoms with van der Waals surface area (Å²) < 4.78 is 4.95. The number of rotatable bonds is 6. The van der Waals surface area contributed by atoms with Crippen molar-refractivity contribution in [3.05, 3.63) is 35.4 Å². The molecular weight excluding hydrogens is 495 g/mol. The van der Waals surface area contributed by atoms with Crippen molar-refractivity contribution in [3.63, 3.8) is 0 Å². The van der Waals surface area contributed by atoms with Crippen LogP contribution in [0.5, 0.6) is 0 Å². The van der Waals surface area contributed by atoms with E-state index in [4.69, 9.17) is 9.73 Å². The van der Waals surface area contributed by atoms with Crippen LogP contribution in [0.3, 0.4) is 0 Å². The minimum Gasteiger partial charge on any atom is -0.469 e. The molecule has 8 heteroatoms. The van der Waals surface area contributed by atoms with Crippen molar-refractivity contribution >= 4 is 41.8 Å². The molecule has 0 aromatic heterocycles. The van der Waals surface area contributed by atoms with Gasteiger partial charge in [-0.25, -0.2) is 4.99 Å². The van der Waals surface area contributed by atoms with E-state index in [0.29, 0.717) is 26.1 Å². The molecule has 2 unspecified atom stereocenters. The molecule has 30 heavy (non-hydrogen) atoms. The van der Waals surface area contributed by atoms with Crippen LogP contribution < -0.4 is 5.32 Å². The van der Waals surface area contributed by atoms with Gasteiger partial charge in [0, 0.05) is 39.1 Å². The topological polar surface area (TPSA) is 74.2 Å². The number of likely N-dealkylation sites (tertiary alicyclic amines) is 2. The first-order chi connectivity index (χ1) is 14.0. The molecule has 3 rings (SSSR count). The summed E-state index contributed by atoms with van der Waals surface area (Å²) in [5.74, 6) is 0.989. The fraction of sp³-hybridized carbons (Fsp3) is 0.591. The van der Waals surface area contributed by atoms with Crippen LogP contribution in [-0.4, -0.2) is 60.9 Å².